The molecule has 2 N–H and O–H groups in total. The maximum Gasteiger partial charge on any atom is 0.276 e. The number of phenols is 1. The Morgan fingerprint density at radius 3 is 2.63 bits per heavy atom. The predicted molar refractivity (Wildman–Crippen MR) is 134 cm³/mol. The molecule has 0 spiro atoms. The molecule has 9 heteroatoms. The lowest BCUT2D eigenvalue weighted by atomic mass is 10.1. The lowest BCUT2D eigenvalue weighted by molar-refractivity contribution is 0.0953. The molecule has 2 heterocycles. The fraction of sp³-hybridized carbons (Fsp3) is 0.346. The van der Waals surface area contributed by atoms with E-state index in [0.717, 1.165) is 45.6 Å². The number of carbonyl (C=O) groups excluding carboxylic acids is 1. The number of hydrogen-bond donors (Lipinski definition) is 2. The van der Waals surface area contributed by atoms with Gasteiger partial charge in [0.25, 0.3) is 5.91 Å². The summed E-state index contributed by atoms with van der Waals surface area (Å²) in [5.74, 6) is -1.12. The topological polar surface area (TPSA) is 90.2 Å². The number of rotatable bonds is 6. The molecule has 0 radical (unpaired) electrons. The van der Waals surface area contributed by atoms with Crippen LogP contribution in [-0.2, 0) is 0 Å². The van der Waals surface area contributed by atoms with Crippen molar-refractivity contribution in [2.45, 2.75) is 25.8 Å². The number of pyridine rings is 1. The van der Waals surface area contributed by atoms with Gasteiger partial charge < -0.3 is 19.5 Å². The molecule has 1 aromatic heterocycles. The molecule has 1 aliphatic carbocycles. The van der Waals surface area contributed by atoms with Gasteiger partial charge in [-0.1, -0.05) is 19.1 Å². The van der Waals surface area contributed by atoms with Crippen molar-refractivity contribution in [3.63, 3.8) is 0 Å². The van der Waals surface area contributed by atoms with E-state index >= 15 is 4.39 Å². The molecule has 1 amide bonds. The molecule has 3 aromatic rings. The number of hydrazone groups is 1. The Bertz CT molecular complexity index is 1360. The van der Waals surface area contributed by atoms with Gasteiger partial charge in [0.2, 0.25) is 5.43 Å². The van der Waals surface area contributed by atoms with Crippen molar-refractivity contribution in [3.05, 3.63) is 69.8 Å². The molecule has 1 aliphatic heterocycles. The zero-order valence-corrected chi connectivity index (χ0v) is 19.6. The molecule has 8 nitrogen and oxygen atoms in total. The Morgan fingerprint density at radius 2 is 1.94 bits per heavy atom. The molecule has 2 fully saturated rings. The second kappa shape index (κ2) is 9.50. The lowest BCUT2D eigenvalue weighted by Gasteiger charge is -2.35. The normalized spacial score (nSPS) is 16.8. The summed E-state index contributed by atoms with van der Waals surface area (Å²) in [5, 5.41) is 13.9. The quantitative estimate of drug-likeness (QED) is 0.421. The van der Waals surface area contributed by atoms with Gasteiger partial charge in [-0.25, -0.2) is 9.82 Å². The van der Waals surface area contributed by atoms with Crippen molar-refractivity contribution in [1.82, 2.24) is 14.9 Å². The van der Waals surface area contributed by atoms with E-state index in [9.17, 15) is 14.7 Å². The van der Waals surface area contributed by atoms with E-state index in [1.807, 2.05) is 9.47 Å². The molecule has 0 unspecified atom stereocenters. The van der Waals surface area contributed by atoms with Gasteiger partial charge in [-0.3, -0.25) is 9.59 Å². The fourth-order valence-electron chi connectivity index (χ4n) is 4.54. The number of hydrogen-bond acceptors (Lipinski definition) is 6. The number of aromatic hydroxyl groups is 1. The van der Waals surface area contributed by atoms with Crippen LogP contribution in [0.3, 0.4) is 0 Å². The van der Waals surface area contributed by atoms with E-state index in [2.05, 4.69) is 22.4 Å². The van der Waals surface area contributed by atoms with Crippen LogP contribution in [0.1, 0.15) is 41.7 Å². The first-order valence-corrected chi connectivity index (χ1v) is 11.9. The summed E-state index contributed by atoms with van der Waals surface area (Å²) in [6.45, 7) is 6.26. The van der Waals surface area contributed by atoms with Crippen LogP contribution in [0.25, 0.3) is 10.9 Å². The maximum absolute atomic E-state index is 15.2. The van der Waals surface area contributed by atoms with Crippen LogP contribution < -0.4 is 15.8 Å². The van der Waals surface area contributed by atoms with E-state index in [1.54, 1.807) is 30.5 Å². The number of benzene rings is 2. The number of nitrogens with one attached hydrogen (secondary N) is 1. The van der Waals surface area contributed by atoms with Crippen LogP contribution in [0.5, 0.6) is 5.75 Å². The van der Waals surface area contributed by atoms with Crippen LogP contribution in [0.2, 0.25) is 0 Å². The van der Waals surface area contributed by atoms with Gasteiger partial charge in [0.15, 0.2) is 0 Å². The van der Waals surface area contributed by atoms with Crippen LogP contribution in [0, 0.1) is 5.82 Å². The Morgan fingerprint density at radius 1 is 1.20 bits per heavy atom. The van der Waals surface area contributed by atoms with Crippen LogP contribution >= 0.6 is 0 Å². The molecule has 5 rings (SSSR count). The highest BCUT2D eigenvalue weighted by Crippen LogP contribution is 2.38. The average molecular weight is 478 g/mol. The zero-order chi connectivity index (χ0) is 24.5. The lowest BCUT2D eigenvalue weighted by Crippen LogP contribution is -2.46. The summed E-state index contributed by atoms with van der Waals surface area (Å²) < 4.78 is 17.1. The van der Waals surface area contributed by atoms with E-state index in [-0.39, 0.29) is 22.7 Å². The molecule has 1 saturated carbocycles. The summed E-state index contributed by atoms with van der Waals surface area (Å²) in [4.78, 5) is 30.4. The second-order valence-electron chi connectivity index (χ2n) is 9.01. The fourth-order valence-corrected chi connectivity index (χ4v) is 4.54. The highest BCUT2D eigenvalue weighted by atomic mass is 19.1. The minimum atomic E-state index is -0.682. The standard InChI is InChI=1S/C26H28FN5O3/c1-2-30-9-11-31(12-10-30)23-14-22-19(13-21(23)27)25(34)20(16-32(22)18-7-8-18)26(35)29-28-15-17-5-3-4-6-24(17)33/h3-6,13-16,18,33H,2,7-12H2,1H3,(H,29,35)/b28-15-. The number of halogens is 1. The maximum atomic E-state index is 15.2. The Kier molecular flexibility index (Phi) is 6.25. The van der Waals surface area contributed by atoms with E-state index in [1.165, 1.54) is 18.3 Å². The number of piperazine rings is 1. The largest absolute Gasteiger partial charge is 0.507 e. The third kappa shape index (κ3) is 4.64. The van der Waals surface area contributed by atoms with Crippen molar-refractivity contribution < 1.29 is 14.3 Å². The van der Waals surface area contributed by atoms with E-state index in [4.69, 9.17) is 0 Å². The number of para-hydroxylation sites is 1. The summed E-state index contributed by atoms with van der Waals surface area (Å²) in [6, 6.07) is 9.74. The number of fused-ring (bicyclic) bond motifs is 1. The molecular formula is C26H28FN5O3. The van der Waals surface area contributed by atoms with Crippen molar-refractivity contribution in [2.24, 2.45) is 5.10 Å². The predicted octanol–water partition coefficient (Wildman–Crippen LogP) is 3.09. The molecule has 0 atom stereocenters. The van der Waals surface area contributed by atoms with Crippen molar-refractivity contribution in [1.29, 1.82) is 0 Å². The summed E-state index contributed by atoms with van der Waals surface area (Å²) in [7, 11) is 0. The molecular weight excluding hydrogens is 449 g/mol. The van der Waals surface area contributed by atoms with Crippen molar-refractivity contribution in [3.8, 4) is 5.75 Å². The Hall–Kier alpha value is -3.72. The summed E-state index contributed by atoms with van der Waals surface area (Å²) in [6.07, 6.45) is 4.74. The van der Waals surface area contributed by atoms with Crippen LogP contribution in [0.15, 0.2) is 52.5 Å². The molecule has 35 heavy (non-hydrogen) atoms. The van der Waals surface area contributed by atoms with Crippen LogP contribution in [-0.4, -0.2) is 59.4 Å². The van der Waals surface area contributed by atoms with Gasteiger partial charge in [-0.05, 0) is 43.7 Å². The SMILES string of the molecule is CCN1CCN(c2cc3c(cc2F)c(=O)c(C(=O)N/N=C\c2ccccc2O)cn3C2CC2)CC1. The molecule has 2 aromatic carbocycles. The first-order chi connectivity index (χ1) is 17.0. The third-order valence-electron chi connectivity index (χ3n) is 6.75. The Balaban J connectivity index is 1.47. The number of amides is 1. The van der Waals surface area contributed by atoms with Gasteiger partial charge in [0.1, 0.15) is 17.1 Å². The number of carbonyl (C=O) groups is 1. The smallest absolute Gasteiger partial charge is 0.276 e. The first-order valence-electron chi connectivity index (χ1n) is 11.9. The number of anilines is 1. The monoisotopic (exact) mass is 477 g/mol. The zero-order valence-electron chi connectivity index (χ0n) is 19.6. The number of phenolic OH excluding ortho intramolecular Hbond substituents is 1. The van der Waals surface area contributed by atoms with Gasteiger partial charge in [0, 0.05) is 49.4 Å². The molecule has 1 saturated heterocycles. The third-order valence-corrected chi connectivity index (χ3v) is 6.75. The summed E-state index contributed by atoms with van der Waals surface area (Å²) >= 11 is 0. The number of aromatic nitrogens is 1. The van der Waals surface area contributed by atoms with Crippen molar-refractivity contribution in [2.75, 3.05) is 37.6 Å². The molecule has 182 valence electrons. The second-order valence-corrected chi connectivity index (χ2v) is 9.01. The highest BCUT2D eigenvalue weighted by Gasteiger charge is 2.28. The van der Waals surface area contributed by atoms with E-state index < -0.39 is 17.2 Å². The summed E-state index contributed by atoms with van der Waals surface area (Å²) in [5.41, 5.74) is 3.28. The number of likely N-dealkylation sites (N-methyl/N-ethyl adjacent to an activating group) is 1. The molecule has 2 aliphatic rings. The Labute approximate surface area is 202 Å². The van der Waals surface area contributed by atoms with Gasteiger partial charge >= 0.3 is 0 Å². The van der Waals surface area contributed by atoms with E-state index in [0.29, 0.717) is 16.8 Å². The van der Waals surface area contributed by atoms with Gasteiger partial charge in [-0.15, -0.1) is 0 Å². The van der Waals surface area contributed by atoms with Crippen molar-refractivity contribution >= 4 is 28.7 Å². The van der Waals surface area contributed by atoms with Gasteiger partial charge in [0.05, 0.1) is 17.4 Å². The highest BCUT2D eigenvalue weighted by molar-refractivity contribution is 5.98. The minimum Gasteiger partial charge on any atom is -0.507 e. The minimum absolute atomic E-state index is 0.0229. The van der Waals surface area contributed by atoms with Crippen LogP contribution in [0.4, 0.5) is 10.1 Å². The average Bonchev–Trinajstić information content (AvgIpc) is 3.71. The molecule has 0 bridgehead atoms. The number of nitrogens with zero attached hydrogens (tertiary/aromatic N) is 4. The van der Waals surface area contributed by atoms with Gasteiger partial charge in [-0.2, -0.15) is 5.10 Å². The first kappa shape index (κ1) is 23.0.